The minimum absolute atomic E-state index is 0.0253. The van der Waals surface area contributed by atoms with E-state index in [4.69, 9.17) is 11.6 Å². The lowest BCUT2D eigenvalue weighted by Crippen LogP contribution is -2.61. The molecule has 3 amide bonds. The second-order valence-electron chi connectivity index (χ2n) is 11.2. The van der Waals surface area contributed by atoms with E-state index in [0.717, 1.165) is 24.8 Å². The number of nitrogens with zero attached hydrogens (tertiary/aromatic N) is 1. The minimum atomic E-state index is -1.10. The fourth-order valence-electron chi connectivity index (χ4n) is 5.62. The van der Waals surface area contributed by atoms with Gasteiger partial charge in [-0.1, -0.05) is 57.8 Å². The SMILES string of the molecule is CNC(=O)[C@H]1CCC[C@@H](C(=O)N[C@@H](C(=O)N2CC[C@](O)(c3ccc(Cl)cc3)C(C)(C)C2)C(C)C)C1. The van der Waals surface area contributed by atoms with Gasteiger partial charge in [0, 0.05) is 42.4 Å². The third-order valence-corrected chi connectivity index (χ3v) is 8.23. The van der Waals surface area contributed by atoms with Crippen molar-refractivity contribution in [1.82, 2.24) is 15.5 Å². The minimum Gasteiger partial charge on any atom is -0.384 e. The number of nitrogens with one attached hydrogen (secondary N) is 2. The van der Waals surface area contributed by atoms with Crippen molar-refractivity contribution < 1.29 is 19.5 Å². The van der Waals surface area contributed by atoms with Gasteiger partial charge in [0.05, 0.1) is 5.60 Å². The molecule has 1 heterocycles. The Kier molecular flexibility index (Phi) is 8.53. The molecule has 1 aromatic carbocycles. The van der Waals surface area contributed by atoms with Crippen LogP contribution < -0.4 is 10.6 Å². The van der Waals surface area contributed by atoms with Crippen LogP contribution >= 0.6 is 11.6 Å². The molecule has 1 aliphatic carbocycles. The average molecular weight is 506 g/mol. The van der Waals surface area contributed by atoms with E-state index in [-0.39, 0.29) is 35.5 Å². The van der Waals surface area contributed by atoms with Crippen molar-refractivity contribution in [2.24, 2.45) is 23.2 Å². The van der Waals surface area contributed by atoms with Crippen LogP contribution in [0.5, 0.6) is 0 Å². The molecule has 1 aliphatic heterocycles. The van der Waals surface area contributed by atoms with Crippen LogP contribution in [0.4, 0.5) is 0 Å². The molecule has 35 heavy (non-hydrogen) atoms. The first-order valence-electron chi connectivity index (χ1n) is 12.7. The Morgan fingerprint density at radius 1 is 1.09 bits per heavy atom. The number of aliphatic hydroxyl groups is 1. The summed E-state index contributed by atoms with van der Waals surface area (Å²) >= 11 is 6.04. The van der Waals surface area contributed by atoms with Crippen LogP contribution in [0.25, 0.3) is 0 Å². The molecule has 7 nitrogen and oxygen atoms in total. The first-order chi connectivity index (χ1) is 16.4. The molecule has 0 aromatic heterocycles. The summed E-state index contributed by atoms with van der Waals surface area (Å²) in [6.07, 6.45) is 3.23. The molecule has 0 radical (unpaired) electrons. The number of benzene rings is 1. The maximum absolute atomic E-state index is 13.6. The molecule has 4 atom stereocenters. The zero-order valence-electron chi connectivity index (χ0n) is 21.6. The topological polar surface area (TPSA) is 98.7 Å². The van der Waals surface area contributed by atoms with Gasteiger partial charge in [-0.3, -0.25) is 14.4 Å². The molecule has 2 fully saturated rings. The van der Waals surface area contributed by atoms with Gasteiger partial charge in [-0.15, -0.1) is 0 Å². The quantitative estimate of drug-likeness (QED) is 0.551. The number of carbonyl (C=O) groups is 3. The molecule has 3 rings (SSSR count). The summed E-state index contributed by atoms with van der Waals surface area (Å²) in [6, 6.07) is 6.57. The highest BCUT2D eigenvalue weighted by atomic mass is 35.5. The van der Waals surface area contributed by atoms with Crippen LogP contribution in [0.2, 0.25) is 5.02 Å². The number of carbonyl (C=O) groups excluding carboxylic acids is 3. The fraction of sp³-hybridized carbons (Fsp3) is 0.667. The molecule has 3 N–H and O–H groups in total. The highest BCUT2D eigenvalue weighted by molar-refractivity contribution is 6.30. The number of halogens is 1. The molecule has 1 saturated carbocycles. The second kappa shape index (κ2) is 10.9. The van der Waals surface area contributed by atoms with Crippen LogP contribution in [-0.2, 0) is 20.0 Å². The Hall–Kier alpha value is -2.12. The van der Waals surface area contributed by atoms with Gasteiger partial charge in [-0.25, -0.2) is 0 Å². The number of rotatable bonds is 6. The van der Waals surface area contributed by atoms with Crippen molar-refractivity contribution >= 4 is 29.3 Å². The summed E-state index contributed by atoms with van der Waals surface area (Å²) in [5.74, 6) is -0.829. The Morgan fingerprint density at radius 2 is 1.69 bits per heavy atom. The van der Waals surface area contributed by atoms with Gasteiger partial charge >= 0.3 is 0 Å². The number of amides is 3. The van der Waals surface area contributed by atoms with Gasteiger partial charge in [-0.2, -0.15) is 0 Å². The molecular formula is C27H40ClN3O4. The van der Waals surface area contributed by atoms with Crippen molar-refractivity contribution in [3.8, 4) is 0 Å². The largest absolute Gasteiger partial charge is 0.384 e. The van der Waals surface area contributed by atoms with Gasteiger partial charge in [0.2, 0.25) is 17.7 Å². The standard InChI is InChI=1S/C27H40ClN3O4/c1-17(2)22(30-24(33)19-8-6-7-18(15-19)23(32)29-5)25(34)31-14-13-27(35,26(3,4)16-31)20-9-11-21(28)12-10-20/h9-12,17-19,22,35H,6-8,13-16H2,1-5H3,(H,29,32)(H,30,33)/t18-,19+,22+,27-/m0/s1. The molecule has 0 unspecified atom stereocenters. The average Bonchev–Trinajstić information content (AvgIpc) is 2.83. The van der Waals surface area contributed by atoms with Gasteiger partial charge in [0.25, 0.3) is 0 Å². The molecular weight excluding hydrogens is 466 g/mol. The molecule has 8 heteroatoms. The fourth-order valence-corrected chi connectivity index (χ4v) is 5.75. The maximum Gasteiger partial charge on any atom is 0.245 e. The highest BCUT2D eigenvalue weighted by Gasteiger charge is 2.50. The lowest BCUT2D eigenvalue weighted by Gasteiger charge is -2.51. The van der Waals surface area contributed by atoms with E-state index in [1.807, 2.05) is 39.8 Å². The third-order valence-electron chi connectivity index (χ3n) is 7.98. The van der Waals surface area contributed by atoms with Crippen LogP contribution in [0.1, 0.15) is 65.4 Å². The summed E-state index contributed by atoms with van der Waals surface area (Å²) in [6.45, 7) is 8.54. The van der Waals surface area contributed by atoms with E-state index in [1.165, 1.54) is 0 Å². The smallest absolute Gasteiger partial charge is 0.245 e. The number of likely N-dealkylation sites (tertiary alicyclic amines) is 1. The van der Waals surface area contributed by atoms with E-state index in [1.54, 1.807) is 24.1 Å². The molecule has 2 aliphatic rings. The Bertz CT molecular complexity index is 933. The molecule has 1 saturated heterocycles. The van der Waals surface area contributed by atoms with Gasteiger partial charge in [0.15, 0.2) is 0 Å². The Labute approximate surface area is 214 Å². The first-order valence-corrected chi connectivity index (χ1v) is 13.1. The summed E-state index contributed by atoms with van der Waals surface area (Å²) in [5, 5.41) is 17.9. The maximum atomic E-state index is 13.6. The monoisotopic (exact) mass is 505 g/mol. The number of piperidine rings is 1. The van der Waals surface area contributed by atoms with E-state index in [9.17, 15) is 19.5 Å². The summed E-state index contributed by atoms with van der Waals surface area (Å²) < 4.78 is 0. The van der Waals surface area contributed by atoms with E-state index in [0.29, 0.717) is 31.0 Å². The van der Waals surface area contributed by atoms with Gasteiger partial charge in [0.1, 0.15) is 6.04 Å². The normalized spacial score (nSPS) is 27.3. The molecule has 0 spiro atoms. The lowest BCUT2D eigenvalue weighted by molar-refractivity contribution is -0.157. The predicted octanol–water partition coefficient (Wildman–Crippen LogP) is 3.48. The summed E-state index contributed by atoms with van der Waals surface area (Å²) in [7, 11) is 1.62. The predicted molar refractivity (Wildman–Crippen MR) is 137 cm³/mol. The zero-order valence-corrected chi connectivity index (χ0v) is 22.3. The van der Waals surface area contributed by atoms with Crippen LogP contribution in [0.15, 0.2) is 24.3 Å². The van der Waals surface area contributed by atoms with Crippen LogP contribution in [0.3, 0.4) is 0 Å². The van der Waals surface area contributed by atoms with E-state index < -0.39 is 17.1 Å². The third kappa shape index (κ3) is 5.83. The molecule has 1 aromatic rings. The second-order valence-corrected chi connectivity index (χ2v) is 11.6. The van der Waals surface area contributed by atoms with E-state index in [2.05, 4.69) is 10.6 Å². The number of hydrogen-bond donors (Lipinski definition) is 3. The number of hydrogen-bond acceptors (Lipinski definition) is 4. The summed E-state index contributed by atoms with van der Waals surface area (Å²) in [4.78, 5) is 40.6. The zero-order chi connectivity index (χ0) is 26.0. The molecule has 194 valence electrons. The summed E-state index contributed by atoms with van der Waals surface area (Å²) in [5.41, 5.74) is -0.914. The van der Waals surface area contributed by atoms with Crippen molar-refractivity contribution in [1.29, 1.82) is 0 Å². The Balaban J connectivity index is 1.70. The highest BCUT2D eigenvalue weighted by Crippen LogP contribution is 2.46. The molecule has 0 bridgehead atoms. The van der Waals surface area contributed by atoms with Crippen molar-refractivity contribution in [2.45, 2.75) is 71.4 Å². The van der Waals surface area contributed by atoms with E-state index >= 15 is 0 Å². The van der Waals surface area contributed by atoms with Crippen molar-refractivity contribution in [2.75, 3.05) is 20.1 Å². The lowest BCUT2D eigenvalue weighted by atomic mass is 9.66. The van der Waals surface area contributed by atoms with Gasteiger partial charge in [-0.05, 0) is 49.3 Å². The van der Waals surface area contributed by atoms with Gasteiger partial charge < -0.3 is 20.6 Å². The van der Waals surface area contributed by atoms with Crippen molar-refractivity contribution in [3.63, 3.8) is 0 Å². The van der Waals surface area contributed by atoms with Crippen LogP contribution in [0, 0.1) is 23.2 Å². The van der Waals surface area contributed by atoms with Crippen LogP contribution in [-0.4, -0.2) is 53.9 Å². The Morgan fingerprint density at radius 3 is 2.23 bits per heavy atom. The van der Waals surface area contributed by atoms with Crippen molar-refractivity contribution in [3.05, 3.63) is 34.9 Å². The first kappa shape index (κ1) is 27.5.